The highest BCUT2D eigenvalue weighted by Gasteiger charge is 2.26. The summed E-state index contributed by atoms with van der Waals surface area (Å²) in [6.07, 6.45) is 0. The first kappa shape index (κ1) is 13.9. The van der Waals surface area contributed by atoms with Crippen molar-refractivity contribution < 1.29 is 24.0 Å². The van der Waals surface area contributed by atoms with E-state index in [-0.39, 0.29) is 23.8 Å². The highest BCUT2D eigenvalue weighted by molar-refractivity contribution is 5.99. The minimum Gasteiger partial charge on any atom is -0.465 e. The van der Waals surface area contributed by atoms with Crippen molar-refractivity contribution in [3.63, 3.8) is 0 Å². The van der Waals surface area contributed by atoms with E-state index in [0.29, 0.717) is 18.8 Å². The molecule has 106 valence electrons. The van der Waals surface area contributed by atoms with Crippen molar-refractivity contribution >= 4 is 23.3 Å². The minimum atomic E-state index is -0.820. The zero-order valence-corrected chi connectivity index (χ0v) is 10.7. The van der Waals surface area contributed by atoms with E-state index in [9.17, 15) is 19.7 Å². The van der Waals surface area contributed by atoms with Crippen LogP contribution >= 0.6 is 0 Å². The van der Waals surface area contributed by atoms with E-state index >= 15 is 0 Å². The zero-order valence-electron chi connectivity index (χ0n) is 10.7. The third-order valence-electron chi connectivity index (χ3n) is 2.88. The van der Waals surface area contributed by atoms with Crippen LogP contribution in [0, 0.1) is 10.1 Å². The molecule has 8 nitrogen and oxygen atoms in total. The molecule has 1 aliphatic rings. The minimum absolute atomic E-state index is 0.0510. The largest absolute Gasteiger partial charge is 0.465 e. The summed E-state index contributed by atoms with van der Waals surface area (Å²) in [5.41, 5.74) is -0.139. The fourth-order valence-corrected chi connectivity index (χ4v) is 1.92. The van der Waals surface area contributed by atoms with E-state index in [1.54, 1.807) is 0 Å². The van der Waals surface area contributed by atoms with Gasteiger partial charge in [0.25, 0.3) is 11.6 Å². The van der Waals surface area contributed by atoms with Gasteiger partial charge in [-0.3, -0.25) is 14.9 Å². The standard InChI is InChI=1S/C12H12N2O6/c1-19-12(16)9-6-8(2-3-10(9)14(17)18)13-4-5-20-7-11(13)15/h2-3,6H,4-5,7H2,1H3. The van der Waals surface area contributed by atoms with Crippen molar-refractivity contribution in [2.75, 3.05) is 31.8 Å². The number of hydrogen-bond acceptors (Lipinski definition) is 6. The van der Waals surface area contributed by atoms with E-state index in [0.717, 1.165) is 7.11 Å². The SMILES string of the molecule is COC(=O)c1cc(N2CCOCC2=O)ccc1[N+](=O)[O-]. The van der Waals surface area contributed by atoms with Gasteiger partial charge in [-0.2, -0.15) is 0 Å². The summed E-state index contributed by atoms with van der Waals surface area (Å²) in [5, 5.41) is 10.9. The number of nitro benzene ring substituents is 1. The maximum Gasteiger partial charge on any atom is 0.344 e. The lowest BCUT2D eigenvalue weighted by Gasteiger charge is -2.27. The lowest BCUT2D eigenvalue weighted by atomic mass is 10.1. The van der Waals surface area contributed by atoms with Crippen LogP contribution in [0.25, 0.3) is 0 Å². The Labute approximate surface area is 114 Å². The molecule has 8 heteroatoms. The Balaban J connectivity index is 2.43. The van der Waals surface area contributed by atoms with Crippen molar-refractivity contribution in [2.24, 2.45) is 0 Å². The molecule has 0 spiro atoms. The van der Waals surface area contributed by atoms with Gasteiger partial charge in [0.2, 0.25) is 0 Å². The third kappa shape index (κ3) is 2.59. The van der Waals surface area contributed by atoms with Crippen LogP contribution in [0.3, 0.4) is 0 Å². The maximum absolute atomic E-state index is 11.7. The molecule has 0 saturated carbocycles. The monoisotopic (exact) mass is 280 g/mol. The summed E-state index contributed by atoms with van der Waals surface area (Å²) >= 11 is 0. The molecule has 1 amide bonds. The highest BCUT2D eigenvalue weighted by atomic mass is 16.6. The van der Waals surface area contributed by atoms with Crippen LogP contribution < -0.4 is 4.90 Å². The van der Waals surface area contributed by atoms with Gasteiger partial charge < -0.3 is 14.4 Å². The molecule has 2 rings (SSSR count). The summed E-state index contributed by atoms with van der Waals surface area (Å²) < 4.78 is 9.53. The highest BCUT2D eigenvalue weighted by Crippen LogP contribution is 2.26. The molecule has 20 heavy (non-hydrogen) atoms. The van der Waals surface area contributed by atoms with E-state index in [4.69, 9.17) is 4.74 Å². The third-order valence-corrected chi connectivity index (χ3v) is 2.88. The topological polar surface area (TPSA) is 99.0 Å². The van der Waals surface area contributed by atoms with Crippen LogP contribution in [0.2, 0.25) is 0 Å². The van der Waals surface area contributed by atoms with Gasteiger partial charge >= 0.3 is 5.97 Å². The summed E-state index contributed by atoms with van der Waals surface area (Å²) in [5.74, 6) is -1.08. The lowest BCUT2D eigenvalue weighted by Crippen LogP contribution is -2.41. The van der Waals surface area contributed by atoms with Crippen molar-refractivity contribution in [3.8, 4) is 0 Å². The Hall–Kier alpha value is -2.48. The van der Waals surface area contributed by atoms with Crippen molar-refractivity contribution in [2.45, 2.75) is 0 Å². The fourth-order valence-electron chi connectivity index (χ4n) is 1.92. The summed E-state index contributed by atoms with van der Waals surface area (Å²) in [6, 6.07) is 3.89. The van der Waals surface area contributed by atoms with Crippen LogP contribution in [0.1, 0.15) is 10.4 Å². The Kier molecular flexibility index (Phi) is 3.94. The predicted octanol–water partition coefficient (Wildman–Crippen LogP) is 0.745. The average Bonchev–Trinajstić information content (AvgIpc) is 2.46. The molecular weight excluding hydrogens is 268 g/mol. The molecule has 1 fully saturated rings. The number of carbonyl (C=O) groups is 2. The van der Waals surface area contributed by atoms with Crippen molar-refractivity contribution in [1.82, 2.24) is 0 Å². The second kappa shape index (κ2) is 5.66. The summed E-state index contributed by atoms with van der Waals surface area (Å²) in [4.78, 5) is 35.0. The van der Waals surface area contributed by atoms with Gasteiger partial charge in [-0.05, 0) is 12.1 Å². The molecule has 0 unspecified atom stereocenters. The molecule has 0 radical (unpaired) electrons. The van der Waals surface area contributed by atoms with Crippen LogP contribution in [-0.2, 0) is 14.3 Å². The van der Waals surface area contributed by atoms with E-state index in [1.807, 2.05) is 0 Å². The van der Waals surface area contributed by atoms with Crippen LogP contribution in [0.15, 0.2) is 18.2 Å². The molecule has 1 heterocycles. The first-order chi connectivity index (χ1) is 9.54. The normalized spacial score (nSPS) is 15.1. The lowest BCUT2D eigenvalue weighted by molar-refractivity contribution is -0.385. The van der Waals surface area contributed by atoms with Crippen molar-refractivity contribution in [3.05, 3.63) is 33.9 Å². The Morgan fingerprint density at radius 3 is 2.85 bits per heavy atom. The number of rotatable bonds is 3. The van der Waals surface area contributed by atoms with Crippen LogP contribution in [0.5, 0.6) is 0 Å². The number of ether oxygens (including phenoxy) is 2. The van der Waals surface area contributed by atoms with Gasteiger partial charge in [0, 0.05) is 18.3 Å². The second-order valence-electron chi connectivity index (χ2n) is 4.05. The van der Waals surface area contributed by atoms with Gasteiger partial charge in [-0.25, -0.2) is 4.79 Å². The molecule has 0 aliphatic carbocycles. The van der Waals surface area contributed by atoms with Crippen LogP contribution in [-0.4, -0.2) is 43.7 Å². The number of carbonyl (C=O) groups excluding carboxylic acids is 2. The molecule has 0 atom stereocenters. The quantitative estimate of drug-likeness (QED) is 0.460. The number of anilines is 1. The molecular formula is C12H12N2O6. The first-order valence-electron chi connectivity index (χ1n) is 5.79. The van der Waals surface area contributed by atoms with Crippen LogP contribution in [0.4, 0.5) is 11.4 Å². The number of nitrogens with zero attached hydrogens (tertiary/aromatic N) is 2. The van der Waals surface area contributed by atoms with Gasteiger partial charge in [0.05, 0.1) is 18.6 Å². The van der Waals surface area contributed by atoms with E-state index in [1.165, 1.54) is 23.1 Å². The molecule has 0 aromatic heterocycles. The summed E-state index contributed by atoms with van der Waals surface area (Å²) in [6.45, 7) is 0.651. The Morgan fingerprint density at radius 2 is 2.25 bits per heavy atom. The van der Waals surface area contributed by atoms with E-state index in [2.05, 4.69) is 4.74 Å². The Morgan fingerprint density at radius 1 is 1.50 bits per heavy atom. The molecule has 1 saturated heterocycles. The molecule has 1 aromatic carbocycles. The number of hydrogen-bond donors (Lipinski definition) is 0. The zero-order chi connectivity index (χ0) is 14.7. The first-order valence-corrected chi connectivity index (χ1v) is 5.79. The fraction of sp³-hybridized carbons (Fsp3) is 0.333. The predicted molar refractivity (Wildman–Crippen MR) is 67.6 cm³/mol. The van der Waals surface area contributed by atoms with Gasteiger partial charge in [-0.1, -0.05) is 0 Å². The molecule has 1 aromatic rings. The van der Waals surface area contributed by atoms with Gasteiger partial charge in [0.1, 0.15) is 12.2 Å². The number of benzene rings is 1. The van der Waals surface area contributed by atoms with E-state index < -0.39 is 10.9 Å². The number of methoxy groups -OCH3 is 1. The number of nitro groups is 1. The molecule has 1 aliphatic heterocycles. The van der Waals surface area contributed by atoms with Gasteiger partial charge in [0.15, 0.2) is 0 Å². The van der Waals surface area contributed by atoms with Gasteiger partial charge in [-0.15, -0.1) is 0 Å². The summed E-state index contributed by atoms with van der Waals surface area (Å²) in [7, 11) is 1.14. The number of esters is 1. The smallest absolute Gasteiger partial charge is 0.344 e. The number of morpholine rings is 1. The second-order valence-corrected chi connectivity index (χ2v) is 4.05. The molecule has 0 N–H and O–H groups in total. The maximum atomic E-state index is 11.7. The average molecular weight is 280 g/mol. The molecule has 0 bridgehead atoms. The number of amides is 1. The Bertz CT molecular complexity index is 571. The van der Waals surface area contributed by atoms with Crippen molar-refractivity contribution in [1.29, 1.82) is 0 Å².